The van der Waals surface area contributed by atoms with E-state index in [9.17, 15) is 0 Å². The van der Waals surface area contributed by atoms with Crippen molar-refractivity contribution in [2.45, 2.75) is 32.7 Å². The van der Waals surface area contributed by atoms with E-state index in [1.165, 1.54) is 26.9 Å². The monoisotopic (exact) mass is 298 g/mol. The number of nitrogens with zero attached hydrogens (tertiary/aromatic N) is 1. The zero-order valence-corrected chi connectivity index (χ0v) is 13.5. The third-order valence-corrected chi connectivity index (χ3v) is 5.33. The van der Waals surface area contributed by atoms with Crippen molar-refractivity contribution >= 4 is 22.2 Å². The molecule has 0 spiro atoms. The summed E-state index contributed by atoms with van der Waals surface area (Å²) in [6.07, 6.45) is 3.34. The number of hydrogen-bond donors (Lipinski definition) is 1. The van der Waals surface area contributed by atoms with Crippen molar-refractivity contribution in [1.29, 1.82) is 0 Å². The van der Waals surface area contributed by atoms with Crippen molar-refractivity contribution in [2.24, 2.45) is 5.73 Å². The van der Waals surface area contributed by atoms with E-state index in [2.05, 4.69) is 60.3 Å². The van der Waals surface area contributed by atoms with Crippen molar-refractivity contribution in [3.63, 3.8) is 0 Å². The van der Waals surface area contributed by atoms with E-state index in [1.807, 2.05) is 11.3 Å². The Morgan fingerprint density at radius 1 is 1.24 bits per heavy atom. The molecule has 2 nitrogen and oxygen atoms in total. The minimum atomic E-state index is 0.389. The van der Waals surface area contributed by atoms with Gasteiger partial charge in [0.2, 0.25) is 0 Å². The summed E-state index contributed by atoms with van der Waals surface area (Å²) in [4.78, 5) is 1.46. The van der Waals surface area contributed by atoms with Crippen LogP contribution in [0.25, 0.3) is 10.9 Å². The fourth-order valence-corrected chi connectivity index (χ4v) is 4.01. The van der Waals surface area contributed by atoms with E-state index in [0.717, 1.165) is 13.0 Å². The van der Waals surface area contributed by atoms with E-state index in [4.69, 9.17) is 5.73 Å². The predicted molar refractivity (Wildman–Crippen MR) is 92.2 cm³/mol. The normalized spacial score (nSPS) is 12.9. The van der Waals surface area contributed by atoms with Crippen LogP contribution in [0.2, 0.25) is 0 Å². The number of aromatic nitrogens is 1. The molecule has 3 heteroatoms. The highest BCUT2D eigenvalue weighted by Gasteiger charge is 2.18. The molecule has 0 bridgehead atoms. The molecular weight excluding hydrogens is 276 g/mol. The van der Waals surface area contributed by atoms with Crippen LogP contribution in [0.15, 0.2) is 41.9 Å². The second-order valence-corrected chi connectivity index (χ2v) is 6.55. The van der Waals surface area contributed by atoms with Crippen molar-refractivity contribution in [1.82, 2.24) is 4.57 Å². The van der Waals surface area contributed by atoms with Crippen molar-refractivity contribution in [2.75, 3.05) is 6.54 Å². The largest absolute Gasteiger partial charge is 0.347 e. The fourth-order valence-electron chi connectivity index (χ4n) is 3.02. The van der Waals surface area contributed by atoms with Gasteiger partial charge in [-0.1, -0.05) is 18.2 Å². The Hall–Kier alpha value is -1.58. The Bertz CT molecular complexity index is 739. The predicted octanol–water partition coefficient (Wildman–Crippen LogP) is 4.32. The van der Waals surface area contributed by atoms with Gasteiger partial charge in [-0.25, -0.2) is 0 Å². The second kappa shape index (κ2) is 6.04. The van der Waals surface area contributed by atoms with Crippen LogP contribution in [0.4, 0.5) is 0 Å². The maximum atomic E-state index is 6.11. The maximum absolute atomic E-state index is 6.11. The third kappa shape index (κ3) is 2.63. The number of thiophene rings is 1. The Morgan fingerprint density at radius 2 is 2.05 bits per heavy atom. The standard InChI is InChI=1S/C18H22N2S/c1-3-20-12-16(15-6-4-5-7-17(15)20)14(11-19)10-18-13(2)8-9-21-18/h4-9,12,14H,3,10-11,19H2,1-2H3. The van der Waals surface area contributed by atoms with Crippen LogP contribution in [0.5, 0.6) is 0 Å². The van der Waals surface area contributed by atoms with Gasteiger partial charge in [-0.3, -0.25) is 0 Å². The van der Waals surface area contributed by atoms with Gasteiger partial charge in [0.25, 0.3) is 0 Å². The summed E-state index contributed by atoms with van der Waals surface area (Å²) in [5, 5.41) is 3.53. The van der Waals surface area contributed by atoms with Crippen LogP contribution in [-0.2, 0) is 13.0 Å². The smallest absolute Gasteiger partial charge is 0.0483 e. The molecule has 3 rings (SSSR count). The van der Waals surface area contributed by atoms with Gasteiger partial charge in [-0.2, -0.15) is 0 Å². The molecule has 0 saturated heterocycles. The third-order valence-electron chi connectivity index (χ3n) is 4.28. The number of hydrogen-bond acceptors (Lipinski definition) is 2. The van der Waals surface area contributed by atoms with Crippen LogP contribution < -0.4 is 5.73 Å². The molecule has 0 saturated carbocycles. The van der Waals surface area contributed by atoms with Gasteiger partial charge in [0, 0.05) is 34.4 Å². The molecule has 1 aromatic carbocycles. The maximum Gasteiger partial charge on any atom is 0.0483 e. The summed E-state index contributed by atoms with van der Waals surface area (Å²) in [6.45, 7) is 6.07. The molecule has 2 N–H and O–H groups in total. The van der Waals surface area contributed by atoms with Crippen molar-refractivity contribution in [3.05, 3.63) is 57.9 Å². The average Bonchev–Trinajstić information content (AvgIpc) is 3.08. The Morgan fingerprint density at radius 3 is 2.71 bits per heavy atom. The molecule has 110 valence electrons. The SMILES string of the molecule is CCn1cc(C(CN)Cc2sccc2C)c2ccccc21. The molecule has 0 amide bonds. The van der Waals surface area contributed by atoms with Gasteiger partial charge in [0.05, 0.1) is 0 Å². The van der Waals surface area contributed by atoms with Crippen LogP contribution in [0.1, 0.15) is 28.8 Å². The second-order valence-electron chi connectivity index (χ2n) is 5.55. The van der Waals surface area contributed by atoms with Gasteiger partial charge >= 0.3 is 0 Å². The molecule has 0 radical (unpaired) electrons. The lowest BCUT2D eigenvalue weighted by molar-refractivity contribution is 0.695. The topological polar surface area (TPSA) is 30.9 Å². The molecule has 1 atom stereocenters. The fraction of sp³-hybridized carbons (Fsp3) is 0.333. The van der Waals surface area contributed by atoms with Gasteiger partial charge in [-0.15, -0.1) is 11.3 Å². The van der Waals surface area contributed by atoms with Gasteiger partial charge in [0.15, 0.2) is 0 Å². The first kappa shape index (κ1) is 14.4. The number of benzene rings is 1. The minimum Gasteiger partial charge on any atom is -0.347 e. The van der Waals surface area contributed by atoms with Crippen LogP contribution in [0.3, 0.4) is 0 Å². The molecule has 0 fully saturated rings. The number of nitrogens with two attached hydrogens (primary N) is 1. The first-order chi connectivity index (χ1) is 10.2. The highest BCUT2D eigenvalue weighted by molar-refractivity contribution is 7.10. The quantitative estimate of drug-likeness (QED) is 0.747. The summed E-state index contributed by atoms with van der Waals surface area (Å²) in [7, 11) is 0. The van der Waals surface area contributed by atoms with Gasteiger partial charge in [-0.05, 0) is 55.5 Å². The van der Waals surface area contributed by atoms with Crippen LogP contribution in [0, 0.1) is 6.92 Å². The van der Waals surface area contributed by atoms with E-state index in [0.29, 0.717) is 12.5 Å². The minimum absolute atomic E-state index is 0.389. The molecule has 0 aliphatic heterocycles. The van der Waals surface area contributed by atoms with Gasteiger partial charge < -0.3 is 10.3 Å². The van der Waals surface area contributed by atoms with Gasteiger partial charge in [0.1, 0.15) is 0 Å². The summed E-state index contributed by atoms with van der Waals surface area (Å²) in [6, 6.07) is 10.9. The number of rotatable bonds is 5. The Labute approximate surface area is 130 Å². The molecular formula is C18H22N2S. The molecule has 0 aliphatic rings. The average molecular weight is 298 g/mol. The Kier molecular flexibility index (Phi) is 4.13. The summed E-state index contributed by atoms with van der Waals surface area (Å²) < 4.78 is 2.33. The molecule has 1 unspecified atom stereocenters. The lowest BCUT2D eigenvalue weighted by Crippen LogP contribution is -2.14. The molecule has 3 aromatic rings. The van der Waals surface area contributed by atoms with Crippen molar-refractivity contribution in [3.8, 4) is 0 Å². The van der Waals surface area contributed by atoms with E-state index in [-0.39, 0.29) is 0 Å². The zero-order valence-electron chi connectivity index (χ0n) is 12.7. The molecule has 2 aromatic heterocycles. The lowest BCUT2D eigenvalue weighted by atomic mass is 9.94. The van der Waals surface area contributed by atoms with E-state index >= 15 is 0 Å². The zero-order chi connectivity index (χ0) is 14.8. The molecule has 2 heterocycles. The lowest BCUT2D eigenvalue weighted by Gasteiger charge is -2.14. The van der Waals surface area contributed by atoms with Crippen molar-refractivity contribution < 1.29 is 0 Å². The number of para-hydroxylation sites is 1. The first-order valence-electron chi connectivity index (χ1n) is 7.55. The molecule has 0 aliphatic carbocycles. The molecule has 21 heavy (non-hydrogen) atoms. The van der Waals surface area contributed by atoms with Crippen LogP contribution in [-0.4, -0.2) is 11.1 Å². The number of fused-ring (bicyclic) bond motifs is 1. The summed E-state index contributed by atoms with van der Waals surface area (Å²) in [5.74, 6) is 0.389. The highest BCUT2D eigenvalue weighted by Crippen LogP contribution is 2.31. The van der Waals surface area contributed by atoms with E-state index < -0.39 is 0 Å². The summed E-state index contributed by atoms with van der Waals surface area (Å²) in [5.41, 5.74) is 10.2. The first-order valence-corrected chi connectivity index (χ1v) is 8.43. The highest BCUT2D eigenvalue weighted by atomic mass is 32.1. The summed E-state index contributed by atoms with van der Waals surface area (Å²) >= 11 is 1.84. The van der Waals surface area contributed by atoms with E-state index in [1.54, 1.807) is 0 Å². The number of aryl methyl sites for hydroxylation is 2. The van der Waals surface area contributed by atoms with Crippen LogP contribution >= 0.6 is 11.3 Å². The Balaban J connectivity index is 2.03.